The van der Waals surface area contributed by atoms with Crippen molar-refractivity contribution in [2.75, 3.05) is 20.6 Å². The number of likely N-dealkylation sites (N-methyl/N-ethyl adjacent to an activating group) is 1. The van der Waals surface area contributed by atoms with E-state index in [-0.39, 0.29) is 0 Å². The molecule has 1 N–H and O–H groups in total. The molecule has 0 bridgehead atoms. The van der Waals surface area contributed by atoms with E-state index in [4.69, 9.17) is 16.3 Å². The molecular weight excluding hydrogens is 366 g/mol. The highest BCUT2D eigenvalue weighted by atomic mass is 79.9. The maximum Gasteiger partial charge on any atom is 0.125 e. The molecule has 0 aromatic heterocycles. The second-order valence-electron chi connectivity index (χ2n) is 5.38. The topological polar surface area (TPSA) is 32.7 Å². The van der Waals surface area contributed by atoms with Gasteiger partial charge >= 0.3 is 0 Å². The van der Waals surface area contributed by atoms with E-state index in [1.54, 1.807) is 0 Å². The van der Waals surface area contributed by atoms with Gasteiger partial charge in [0.15, 0.2) is 0 Å². The van der Waals surface area contributed by atoms with Crippen LogP contribution in [0.25, 0.3) is 0 Å². The summed E-state index contributed by atoms with van der Waals surface area (Å²) < 4.78 is 6.79. The average molecular weight is 385 g/mol. The predicted molar refractivity (Wildman–Crippen MR) is 93.4 cm³/mol. The molecule has 0 saturated carbocycles. The largest absolute Gasteiger partial charge is 0.489 e. The molecule has 118 valence electrons. The minimum Gasteiger partial charge on any atom is -0.489 e. The van der Waals surface area contributed by atoms with Crippen molar-refractivity contribution in [1.82, 2.24) is 4.90 Å². The second-order valence-corrected chi connectivity index (χ2v) is 6.73. The Hall–Kier alpha value is -1.07. The third-order valence-corrected chi connectivity index (χ3v) is 3.92. The normalized spacial score (nSPS) is 12.5. The molecule has 0 aliphatic carbocycles. The van der Waals surface area contributed by atoms with E-state index in [1.807, 2.05) is 61.5 Å². The first kappa shape index (κ1) is 17.3. The third-order valence-electron chi connectivity index (χ3n) is 3.18. The molecule has 0 radical (unpaired) electrons. The smallest absolute Gasteiger partial charge is 0.125 e. The van der Waals surface area contributed by atoms with Crippen LogP contribution in [-0.2, 0) is 6.61 Å². The van der Waals surface area contributed by atoms with Gasteiger partial charge in [-0.25, -0.2) is 0 Å². The van der Waals surface area contributed by atoms with E-state index in [0.29, 0.717) is 23.9 Å². The van der Waals surface area contributed by atoms with Gasteiger partial charge in [-0.15, -0.1) is 0 Å². The summed E-state index contributed by atoms with van der Waals surface area (Å²) in [5, 5.41) is 11.1. The average Bonchev–Trinajstić information content (AvgIpc) is 2.47. The van der Waals surface area contributed by atoms with Crippen LogP contribution in [0.1, 0.15) is 17.2 Å². The minimum atomic E-state index is -0.604. The van der Waals surface area contributed by atoms with Crippen molar-refractivity contribution in [3.05, 3.63) is 63.1 Å². The van der Waals surface area contributed by atoms with Crippen LogP contribution in [0.4, 0.5) is 0 Å². The Morgan fingerprint density at radius 2 is 1.86 bits per heavy atom. The number of hydrogen-bond donors (Lipinski definition) is 1. The summed E-state index contributed by atoms with van der Waals surface area (Å²) in [7, 11) is 3.85. The maximum atomic E-state index is 10.4. The van der Waals surface area contributed by atoms with E-state index in [1.165, 1.54) is 0 Å². The lowest BCUT2D eigenvalue weighted by atomic mass is 10.1. The van der Waals surface area contributed by atoms with Gasteiger partial charge in [0.2, 0.25) is 0 Å². The SMILES string of the molecule is CN(C)CC(O)c1cc(Br)ccc1OCc1ccc(Cl)cc1. The zero-order valence-electron chi connectivity index (χ0n) is 12.6. The van der Waals surface area contributed by atoms with Crippen LogP contribution in [0.15, 0.2) is 46.9 Å². The first-order valence-electron chi connectivity index (χ1n) is 6.95. The Labute approximate surface area is 144 Å². The number of aliphatic hydroxyl groups is 1. The third kappa shape index (κ3) is 4.99. The monoisotopic (exact) mass is 383 g/mol. The quantitative estimate of drug-likeness (QED) is 0.807. The molecule has 0 heterocycles. The van der Waals surface area contributed by atoms with E-state index in [2.05, 4.69) is 15.9 Å². The number of benzene rings is 2. The van der Waals surface area contributed by atoms with Crippen LogP contribution in [-0.4, -0.2) is 30.6 Å². The van der Waals surface area contributed by atoms with Crippen LogP contribution >= 0.6 is 27.5 Å². The standard InChI is InChI=1S/C17H19BrClNO2/c1-20(2)10-16(21)15-9-13(18)5-8-17(15)22-11-12-3-6-14(19)7-4-12/h3-9,16,21H,10-11H2,1-2H3. The number of rotatable bonds is 6. The molecule has 2 aromatic rings. The highest BCUT2D eigenvalue weighted by molar-refractivity contribution is 9.10. The highest BCUT2D eigenvalue weighted by Crippen LogP contribution is 2.29. The Morgan fingerprint density at radius 1 is 1.18 bits per heavy atom. The van der Waals surface area contributed by atoms with E-state index in [9.17, 15) is 5.11 Å². The summed E-state index contributed by atoms with van der Waals surface area (Å²) in [6.07, 6.45) is -0.604. The summed E-state index contributed by atoms with van der Waals surface area (Å²) in [6.45, 7) is 0.967. The molecule has 0 aliphatic heterocycles. The Balaban J connectivity index is 2.14. The van der Waals surface area contributed by atoms with Gasteiger partial charge in [0, 0.05) is 21.6 Å². The van der Waals surface area contributed by atoms with Crippen LogP contribution in [0, 0.1) is 0 Å². The van der Waals surface area contributed by atoms with Crippen molar-refractivity contribution in [2.45, 2.75) is 12.7 Å². The second kappa shape index (κ2) is 7.97. The lowest BCUT2D eigenvalue weighted by Gasteiger charge is -2.19. The lowest BCUT2D eigenvalue weighted by Crippen LogP contribution is -2.20. The summed E-state index contributed by atoms with van der Waals surface area (Å²) in [5.41, 5.74) is 1.80. The molecule has 5 heteroatoms. The first-order valence-corrected chi connectivity index (χ1v) is 8.12. The molecule has 3 nitrogen and oxygen atoms in total. The van der Waals surface area contributed by atoms with Crippen LogP contribution in [0.5, 0.6) is 5.75 Å². The van der Waals surface area contributed by atoms with Gasteiger partial charge in [0.05, 0.1) is 6.10 Å². The van der Waals surface area contributed by atoms with Gasteiger partial charge in [0.1, 0.15) is 12.4 Å². The summed E-state index contributed by atoms with van der Waals surface area (Å²) in [5.74, 6) is 0.688. The molecule has 2 rings (SSSR count). The van der Waals surface area contributed by atoms with Gasteiger partial charge in [0.25, 0.3) is 0 Å². The number of ether oxygens (including phenoxy) is 1. The fraction of sp³-hybridized carbons (Fsp3) is 0.294. The molecule has 0 spiro atoms. The molecular formula is C17H19BrClNO2. The van der Waals surface area contributed by atoms with Crippen molar-refractivity contribution in [1.29, 1.82) is 0 Å². The zero-order chi connectivity index (χ0) is 16.1. The Kier molecular flexibility index (Phi) is 6.26. The Morgan fingerprint density at radius 3 is 2.50 bits per heavy atom. The molecule has 0 aliphatic rings. The van der Waals surface area contributed by atoms with Crippen LogP contribution < -0.4 is 4.74 Å². The lowest BCUT2D eigenvalue weighted by molar-refractivity contribution is 0.133. The van der Waals surface area contributed by atoms with Crippen LogP contribution in [0.3, 0.4) is 0 Å². The van der Waals surface area contributed by atoms with Gasteiger partial charge in [-0.3, -0.25) is 0 Å². The zero-order valence-corrected chi connectivity index (χ0v) is 14.9. The number of halogens is 2. The molecule has 0 saturated heterocycles. The van der Waals surface area contributed by atoms with Gasteiger partial charge < -0.3 is 14.7 Å². The van der Waals surface area contributed by atoms with Crippen molar-refractivity contribution in [3.8, 4) is 5.75 Å². The minimum absolute atomic E-state index is 0.431. The number of hydrogen-bond acceptors (Lipinski definition) is 3. The summed E-state index contributed by atoms with van der Waals surface area (Å²) >= 11 is 9.32. The fourth-order valence-electron chi connectivity index (χ4n) is 2.10. The molecule has 0 amide bonds. The van der Waals surface area contributed by atoms with E-state index in [0.717, 1.165) is 15.6 Å². The fourth-order valence-corrected chi connectivity index (χ4v) is 2.60. The molecule has 1 atom stereocenters. The van der Waals surface area contributed by atoms with Gasteiger partial charge in [-0.05, 0) is 50.0 Å². The number of aliphatic hydroxyl groups excluding tert-OH is 1. The maximum absolute atomic E-state index is 10.4. The van der Waals surface area contributed by atoms with Crippen molar-refractivity contribution in [2.24, 2.45) is 0 Å². The molecule has 2 aromatic carbocycles. The van der Waals surface area contributed by atoms with E-state index >= 15 is 0 Å². The van der Waals surface area contributed by atoms with E-state index < -0.39 is 6.10 Å². The number of nitrogens with zero attached hydrogens (tertiary/aromatic N) is 1. The first-order chi connectivity index (χ1) is 10.5. The predicted octanol–water partition coefficient (Wildman–Crippen LogP) is 4.28. The molecule has 0 fully saturated rings. The molecule has 1 unspecified atom stereocenters. The Bertz CT molecular complexity index is 617. The summed E-state index contributed by atoms with van der Waals surface area (Å²) in [6, 6.07) is 13.2. The van der Waals surface area contributed by atoms with Gasteiger partial charge in [-0.2, -0.15) is 0 Å². The highest BCUT2D eigenvalue weighted by Gasteiger charge is 2.15. The molecule has 22 heavy (non-hydrogen) atoms. The van der Waals surface area contributed by atoms with Crippen molar-refractivity contribution < 1.29 is 9.84 Å². The van der Waals surface area contributed by atoms with Crippen molar-refractivity contribution >= 4 is 27.5 Å². The summed E-state index contributed by atoms with van der Waals surface area (Å²) in [4.78, 5) is 1.94. The van der Waals surface area contributed by atoms with Crippen LogP contribution in [0.2, 0.25) is 5.02 Å². The van der Waals surface area contributed by atoms with Crippen molar-refractivity contribution in [3.63, 3.8) is 0 Å². The van der Waals surface area contributed by atoms with Gasteiger partial charge in [-0.1, -0.05) is 39.7 Å².